The molecule has 1 heterocycles. The predicted molar refractivity (Wildman–Crippen MR) is 148 cm³/mol. The van der Waals surface area contributed by atoms with E-state index in [-0.39, 0.29) is 5.56 Å². The van der Waals surface area contributed by atoms with Crippen LogP contribution in [0.3, 0.4) is 0 Å². The summed E-state index contributed by atoms with van der Waals surface area (Å²) in [5.74, 6) is 1.99. The van der Waals surface area contributed by atoms with Crippen molar-refractivity contribution < 1.29 is 9.47 Å². The van der Waals surface area contributed by atoms with Gasteiger partial charge in [0.25, 0.3) is 5.56 Å². The Morgan fingerprint density at radius 1 is 0.865 bits per heavy atom. The molecule has 0 aliphatic heterocycles. The average molecular weight is 512 g/mol. The lowest BCUT2D eigenvalue weighted by Crippen LogP contribution is -2.24. The van der Waals surface area contributed by atoms with Gasteiger partial charge in [-0.05, 0) is 47.0 Å². The van der Waals surface area contributed by atoms with Crippen molar-refractivity contribution >= 4 is 22.5 Å². The normalized spacial score (nSPS) is 11.0. The maximum Gasteiger partial charge on any atom is 0.261 e. The van der Waals surface area contributed by atoms with Crippen LogP contribution in [0.2, 0.25) is 5.02 Å². The summed E-state index contributed by atoms with van der Waals surface area (Å²) in [6, 6.07) is 26.7. The Bertz CT molecular complexity index is 1650. The van der Waals surface area contributed by atoms with Crippen molar-refractivity contribution in [1.29, 1.82) is 0 Å². The second-order valence-electron chi connectivity index (χ2n) is 8.66. The first-order valence-electron chi connectivity index (χ1n) is 11.8. The molecular weight excluding hydrogens is 486 g/mol. The van der Waals surface area contributed by atoms with Gasteiger partial charge in [-0.25, -0.2) is 4.98 Å². The van der Waals surface area contributed by atoms with Crippen LogP contribution in [0, 0.1) is 0 Å². The Morgan fingerprint density at radius 2 is 1.62 bits per heavy atom. The molecule has 0 radical (unpaired) electrons. The third kappa shape index (κ3) is 4.94. The van der Waals surface area contributed by atoms with Crippen molar-refractivity contribution in [2.24, 2.45) is 5.73 Å². The van der Waals surface area contributed by atoms with Crippen molar-refractivity contribution in [2.45, 2.75) is 13.1 Å². The first kappa shape index (κ1) is 24.6. The number of rotatable bonds is 7. The van der Waals surface area contributed by atoms with Crippen molar-refractivity contribution in [2.75, 3.05) is 14.2 Å². The number of benzene rings is 4. The van der Waals surface area contributed by atoms with E-state index in [0.29, 0.717) is 40.6 Å². The maximum atomic E-state index is 13.7. The molecule has 0 unspecified atom stereocenters. The first-order valence-corrected chi connectivity index (χ1v) is 12.2. The molecule has 0 fully saturated rings. The minimum atomic E-state index is -0.129. The predicted octanol–water partition coefficient (Wildman–Crippen LogP) is 5.91. The number of nitrogens with two attached hydrogens (primary N) is 1. The number of hydrogen-bond donors (Lipinski definition) is 1. The summed E-state index contributed by atoms with van der Waals surface area (Å²) in [5.41, 5.74) is 11.0. The van der Waals surface area contributed by atoms with Crippen LogP contribution in [0.4, 0.5) is 0 Å². The smallest absolute Gasteiger partial charge is 0.261 e. The van der Waals surface area contributed by atoms with Crippen LogP contribution in [0.1, 0.15) is 11.1 Å². The lowest BCUT2D eigenvalue weighted by molar-refractivity contribution is 0.395. The zero-order chi connectivity index (χ0) is 25.9. The van der Waals surface area contributed by atoms with Gasteiger partial charge in [-0.2, -0.15) is 0 Å². The molecule has 5 aromatic rings. The van der Waals surface area contributed by atoms with E-state index in [1.807, 2.05) is 66.7 Å². The van der Waals surface area contributed by atoms with Crippen LogP contribution in [-0.4, -0.2) is 23.8 Å². The van der Waals surface area contributed by atoms with Gasteiger partial charge in [0.1, 0.15) is 17.3 Å². The maximum absolute atomic E-state index is 13.7. The first-order chi connectivity index (χ1) is 18.0. The molecule has 0 saturated heterocycles. The van der Waals surface area contributed by atoms with Gasteiger partial charge in [0.15, 0.2) is 0 Å². The highest BCUT2D eigenvalue weighted by molar-refractivity contribution is 6.31. The molecule has 0 spiro atoms. The lowest BCUT2D eigenvalue weighted by Gasteiger charge is -2.15. The van der Waals surface area contributed by atoms with Crippen LogP contribution >= 0.6 is 11.6 Å². The molecular formula is C30H26ClN3O3. The van der Waals surface area contributed by atoms with Crippen LogP contribution in [-0.2, 0) is 13.1 Å². The van der Waals surface area contributed by atoms with E-state index in [4.69, 9.17) is 31.8 Å². The summed E-state index contributed by atoms with van der Waals surface area (Å²) in [7, 11) is 3.26. The molecule has 2 N–H and O–H groups in total. The Kier molecular flexibility index (Phi) is 6.95. The molecule has 186 valence electrons. The minimum absolute atomic E-state index is 0.129. The number of fused-ring (bicyclic) bond motifs is 1. The molecule has 7 heteroatoms. The summed E-state index contributed by atoms with van der Waals surface area (Å²) in [6.45, 7) is 0.794. The van der Waals surface area contributed by atoms with Gasteiger partial charge < -0.3 is 15.2 Å². The highest BCUT2D eigenvalue weighted by Crippen LogP contribution is 2.34. The average Bonchev–Trinajstić information content (AvgIpc) is 2.94. The van der Waals surface area contributed by atoms with Crippen LogP contribution < -0.4 is 20.8 Å². The van der Waals surface area contributed by atoms with Gasteiger partial charge in [-0.15, -0.1) is 0 Å². The van der Waals surface area contributed by atoms with E-state index in [9.17, 15) is 4.79 Å². The van der Waals surface area contributed by atoms with Gasteiger partial charge in [-0.1, -0.05) is 60.1 Å². The zero-order valence-electron chi connectivity index (χ0n) is 20.6. The molecule has 1 aromatic heterocycles. The molecule has 0 saturated carbocycles. The van der Waals surface area contributed by atoms with E-state index in [1.165, 1.54) is 0 Å². The highest BCUT2D eigenvalue weighted by atomic mass is 35.5. The van der Waals surface area contributed by atoms with E-state index < -0.39 is 0 Å². The third-order valence-corrected chi connectivity index (χ3v) is 6.58. The van der Waals surface area contributed by atoms with Crippen molar-refractivity contribution in [3.63, 3.8) is 0 Å². The Balaban J connectivity index is 1.63. The number of aromatic nitrogens is 2. The second kappa shape index (κ2) is 10.5. The molecule has 0 amide bonds. The second-order valence-corrected chi connectivity index (χ2v) is 9.09. The van der Waals surface area contributed by atoms with Crippen LogP contribution in [0.5, 0.6) is 11.5 Å². The summed E-state index contributed by atoms with van der Waals surface area (Å²) in [6.07, 6.45) is 0. The summed E-state index contributed by atoms with van der Waals surface area (Å²) < 4.78 is 12.6. The van der Waals surface area contributed by atoms with Gasteiger partial charge in [0.05, 0.1) is 31.7 Å². The van der Waals surface area contributed by atoms with Crippen LogP contribution in [0.25, 0.3) is 33.4 Å². The number of halogens is 1. The fourth-order valence-corrected chi connectivity index (χ4v) is 4.60. The molecule has 0 aliphatic rings. The summed E-state index contributed by atoms with van der Waals surface area (Å²) >= 11 is 6.23. The number of methoxy groups -OCH3 is 2. The van der Waals surface area contributed by atoms with Crippen molar-refractivity contribution in [1.82, 2.24) is 9.55 Å². The zero-order valence-corrected chi connectivity index (χ0v) is 21.3. The molecule has 6 nitrogen and oxygen atoms in total. The Hall–Kier alpha value is -4.13. The molecule has 37 heavy (non-hydrogen) atoms. The summed E-state index contributed by atoms with van der Waals surface area (Å²) in [5, 5.41) is 1.04. The fraction of sp³-hybridized carbons (Fsp3) is 0.133. The highest BCUT2D eigenvalue weighted by Gasteiger charge is 2.15. The lowest BCUT2D eigenvalue weighted by atomic mass is 10.0. The third-order valence-electron chi connectivity index (χ3n) is 6.35. The molecule has 5 rings (SSSR count). The number of ether oxygens (including phenoxy) is 2. The summed E-state index contributed by atoms with van der Waals surface area (Å²) in [4.78, 5) is 18.5. The standard InChI is InChI=1S/C30H26ClN3O3/c1-36-24-11-13-25(28(16-24)37-2)21-6-8-22(9-7-21)29-33-27-15-23(31)10-12-26(27)30(35)34(29)18-20-5-3-4-19(14-20)17-32/h3-16H,17-18,32H2,1-2H3. The van der Waals surface area contributed by atoms with Crippen molar-refractivity contribution in [3.8, 4) is 34.0 Å². The molecule has 4 aromatic carbocycles. The number of nitrogens with zero attached hydrogens (tertiary/aromatic N) is 2. The van der Waals surface area contributed by atoms with Crippen molar-refractivity contribution in [3.05, 3.63) is 111 Å². The van der Waals surface area contributed by atoms with Gasteiger partial charge >= 0.3 is 0 Å². The van der Waals surface area contributed by atoms with E-state index in [1.54, 1.807) is 37.0 Å². The van der Waals surface area contributed by atoms with Gasteiger partial charge in [-0.3, -0.25) is 9.36 Å². The minimum Gasteiger partial charge on any atom is -0.497 e. The Labute approximate surface area is 219 Å². The van der Waals surface area contributed by atoms with Gasteiger partial charge in [0, 0.05) is 28.8 Å². The molecule has 0 bridgehead atoms. The topological polar surface area (TPSA) is 79.4 Å². The number of hydrogen-bond acceptors (Lipinski definition) is 5. The van der Waals surface area contributed by atoms with E-state index >= 15 is 0 Å². The van der Waals surface area contributed by atoms with E-state index in [2.05, 4.69) is 0 Å². The SMILES string of the molecule is COc1ccc(-c2ccc(-c3nc4cc(Cl)ccc4c(=O)n3Cc3cccc(CN)c3)cc2)c(OC)c1. The largest absolute Gasteiger partial charge is 0.497 e. The monoisotopic (exact) mass is 511 g/mol. The quantitative estimate of drug-likeness (QED) is 0.294. The molecule has 0 atom stereocenters. The fourth-order valence-electron chi connectivity index (χ4n) is 4.43. The van der Waals surface area contributed by atoms with Crippen LogP contribution in [0.15, 0.2) is 89.7 Å². The van der Waals surface area contributed by atoms with E-state index in [0.717, 1.165) is 33.6 Å². The van der Waals surface area contributed by atoms with Gasteiger partial charge in [0.2, 0.25) is 0 Å². The molecule has 0 aliphatic carbocycles. The Morgan fingerprint density at radius 3 is 2.35 bits per heavy atom.